The standard InChI is InChI=1S/C9H9Cl2NO2.ClH/c10-6-2-1-5(7(11)4-6)3-8(12)9(13)14;/h1-2,4,8H,3,12H2,(H,13,14);1H/t8-;/m1./s1. The summed E-state index contributed by atoms with van der Waals surface area (Å²) >= 11 is 11.5. The second kappa shape index (κ2) is 6.18. The van der Waals surface area contributed by atoms with E-state index in [1.54, 1.807) is 18.2 Å². The highest BCUT2D eigenvalue weighted by molar-refractivity contribution is 6.35. The number of benzene rings is 1. The maximum absolute atomic E-state index is 10.5. The Morgan fingerprint density at radius 2 is 2.07 bits per heavy atom. The molecule has 0 unspecified atom stereocenters. The van der Waals surface area contributed by atoms with Crippen LogP contribution >= 0.6 is 35.6 Å². The first kappa shape index (κ1) is 14.5. The molecular weight excluding hydrogens is 260 g/mol. The van der Waals surface area contributed by atoms with Crippen LogP contribution in [0.5, 0.6) is 0 Å². The Kier molecular flexibility index (Phi) is 5.98. The highest BCUT2D eigenvalue weighted by Crippen LogP contribution is 2.21. The van der Waals surface area contributed by atoms with Crippen molar-refractivity contribution in [3.63, 3.8) is 0 Å². The summed E-state index contributed by atoms with van der Waals surface area (Å²) in [7, 11) is 0. The smallest absolute Gasteiger partial charge is 0.320 e. The Hall–Kier alpha value is -0.480. The predicted octanol–water partition coefficient (Wildman–Crippen LogP) is 2.37. The van der Waals surface area contributed by atoms with Crippen molar-refractivity contribution in [1.29, 1.82) is 0 Å². The first-order valence-corrected chi connectivity index (χ1v) is 4.68. The van der Waals surface area contributed by atoms with E-state index < -0.39 is 12.0 Å². The summed E-state index contributed by atoms with van der Waals surface area (Å²) in [5, 5.41) is 9.55. The number of carboxylic acid groups (broad SMARTS) is 1. The van der Waals surface area contributed by atoms with Crippen LogP contribution in [0.2, 0.25) is 10.0 Å². The van der Waals surface area contributed by atoms with Crippen LogP contribution in [0, 0.1) is 0 Å². The first-order valence-electron chi connectivity index (χ1n) is 3.93. The van der Waals surface area contributed by atoms with Crippen molar-refractivity contribution in [3.8, 4) is 0 Å². The molecule has 0 aliphatic rings. The average molecular weight is 271 g/mol. The van der Waals surface area contributed by atoms with E-state index in [4.69, 9.17) is 34.0 Å². The molecule has 0 fully saturated rings. The Bertz CT molecular complexity index is 357. The van der Waals surface area contributed by atoms with Crippen LogP contribution in [0.15, 0.2) is 18.2 Å². The van der Waals surface area contributed by atoms with E-state index in [0.717, 1.165) is 0 Å². The molecule has 1 rings (SSSR count). The van der Waals surface area contributed by atoms with E-state index >= 15 is 0 Å². The van der Waals surface area contributed by atoms with Crippen molar-refractivity contribution in [2.24, 2.45) is 5.73 Å². The predicted molar refractivity (Wildman–Crippen MR) is 63.0 cm³/mol. The van der Waals surface area contributed by atoms with Crippen molar-refractivity contribution in [2.75, 3.05) is 0 Å². The molecule has 0 aliphatic carbocycles. The molecule has 1 atom stereocenters. The van der Waals surface area contributed by atoms with Crippen molar-refractivity contribution in [1.82, 2.24) is 0 Å². The molecule has 0 aliphatic heterocycles. The van der Waals surface area contributed by atoms with Gasteiger partial charge in [0.2, 0.25) is 0 Å². The van der Waals surface area contributed by atoms with Crippen LogP contribution in [0.1, 0.15) is 5.56 Å². The summed E-state index contributed by atoms with van der Waals surface area (Å²) in [5.41, 5.74) is 6.05. The van der Waals surface area contributed by atoms with E-state index in [0.29, 0.717) is 15.6 Å². The number of hydrogen-bond acceptors (Lipinski definition) is 2. The number of rotatable bonds is 3. The quantitative estimate of drug-likeness (QED) is 0.886. The van der Waals surface area contributed by atoms with Crippen molar-refractivity contribution >= 4 is 41.6 Å². The molecule has 1 aromatic carbocycles. The molecule has 3 nitrogen and oxygen atoms in total. The van der Waals surface area contributed by atoms with Crippen molar-refractivity contribution < 1.29 is 9.90 Å². The molecule has 0 amide bonds. The van der Waals surface area contributed by atoms with Crippen molar-refractivity contribution in [3.05, 3.63) is 33.8 Å². The van der Waals surface area contributed by atoms with Gasteiger partial charge in [-0.15, -0.1) is 12.4 Å². The molecule has 0 heterocycles. The zero-order chi connectivity index (χ0) is 10.7. The van der Waals surface area contributed by atoms with Gasteiger partial charge in [-0.05, 0) is 24.1 Å². The van der Waals surface area contributed by atoms with Crippen LogP contribution in [0.4, 0.5) is 0 Å². The lowest BCUT2D eigenvalue weighted by molar-refractivity contribution is -0.138. The molecule has 0 saturated heterocycles. The van der Waals surface area contributed by atoms with Gasteiger partial charge in [0.05, 0.1) is 0 Å². The first-order chi connectivity index (χ1) is 6.50. The maximum atomic E-state index is 10.5. The lowest BCUT2D eigenvalue weighted by atomic mass is 10.1. The highest BCUT2D eigenvalue weighted by Gasteiger charge is 2.13. The van der Waals surface area contributed by atoms with Gasteiger partial charge in [0.15, 0.2) is 0 Å². The molecule has 0 bridgehead atoms. The molecule has 0 radical (unpaired) electrons. The largest absolute Gasteiger partial charge is 0.480 e. The van der Waals surface area contributed by atoms with Gasteiger partial charge in [-0.1, -0.05) is 29.3 Å². The van der Waals surface area contributed by atoms with Crippen LogP contribution in [-0.4, -0.2) is 17.1 Å². The molecular formula is C9H10Cl3NO2. The van der Waals surface area contributed by atoms with E-state index in [1.807, 2.05) is 0 Å². The summed E-state index contributed by atoms with van der Waals surface area (Å²) in [5.74, 6) is -1.05. The Balaban J connectivity index is 0.00000196. The Labute approximate surface area is 104 Å². The topological polar surface area (TPSA) is 63.3 Å². The summed E-state index contributed by atoms with van der Waals surface area (Å²) in [4.78, 5) is 10.5. The summed E-state index contributed by atoms with van der Waals surface area (Å²) in [6, 6.07) is 3.95. The number of hydrogen-bond donors (Lipinski definition) is 2. The van der Waals surface area contributed by atoms with Crippen LogP contribution in [0.25, 0.3) is 0 Å². The lowest BCUT2D eigenvalue weighted by Gasteiger charge is -2.08. The molecule has 1 aromatic rings. The van der Waals surface area contributed by atoms with E-state index in [1.165, 1.54) is 0 Å². The minimum Gasteiger partial charge on any atom is -0.480 e. The number of nitrogens with two attached hydrogens (primary N) is 1. The molecule has 84 valence electrons. The van der Waals surface area contributed by atoms with Crippen molar-refractivity contribution in [2.45, 2.75) is 12.5 Å². The highest BCUT2D eigenvalue weighted by atomic mass is 35.5. The maximum Gasteiger partial charge on any atom is 0.320 e. The molecule has 15 heavy (non-hydrogen) atoms. The zero-order valence-corrected chi connectivity index (χ0v) is 9.94. The van der Waals surface area contributed by atoms with Crippen LogP contribution in [0.3, 0.4) is 0 Å². The SMILES string of the molecule is Cl.N[C@H](Cc1ccc(Cl)cc1Cl)C(=O)O. The van der Waals surface area contributed by atoms with Gasteiger partial charge in [0, 0.05) is 10.0 Å². The Morgan fingerprint density at radius 1 is 1.47 bits per heavy atom. The van der Waals surface area contributed by atoms with Gasteiger partial charge in [-0.2, -0.15) is 0 Å². The monoisotopic (exact) mass is 269 g/mol. The third-order valence-electron chi connectivity index (χ3n) is 1.77. The van der Waals surface area contributed by atoms with Gasteiger partial charge < -0.3 is 10.8 Å². The van der Waals surface area contributed by atoms with Gasteiger partial charge in [0.25, 0.3) is 0 Å². The van der Waals surface area contributed by atoms with E-state index in [2.05, 4.69) is 0 Å². The lowest BCUT2D eigenvalue weighted by Crippen LogP contribution is -2.32. The van der Waals surface area contributed by atoms with Gasteiger partial charge in [0.1, 0.15) is 6.04 Å². The van der Waals surface area contributed by atoms with E-state index in [-0.39, 0.29) is 18.8 Å². The number of carboxylic acids is 1. The molecule has 6 heteroatoms. The fourth-order valence-electron chi connectivity index (χ4n) is 1.01. The third-order valence-corrected chi connectivity index (χ3v) is 2.36. The summed E-state index contributed by atoms with van der Waals surface area (Å²) in [6.45, 7) is 0. The summed E-state index contributed by atoms with van der Waals surface area (Å²) in [6.07, 6.45) is 0.200. The molecule has 0 aromatic heterocycles. The number of aliphatic carboxylic acids is 1. The second-order valence-electron chi connectivity index (χ2n) is 2.88. The fourth-order valence-corrected chi connectivity index (χ4v) is 1.50. The zero-order valence-electron chi connectivity index (χ0n) is 7.61. The minimum absolute atomic E-state index is 0. The van der Waals surface area contributed by atoms with Crippen LogP contribution < -0.4 is 5.73 Å². The fraction of sp³-hybridized carbons (Fsp3) is 0.222. The van der Waals surface area contributed by atoms with Gasteiger partial charge in [-0.25, -0.2) is 0 Å². The molecule has 0 saturated carbocycles. The molecule has 0 spiro atoms. The van der Waals surface area contributed by atoms with Gasteiger partial charge in [-0.3, -0.25) is 4.79 Å². The second-order valence-corrected chi connectivity index (χ2v) is 3.73. The van der Waals surface area contributed by atoms with Crippen LogP contribution in [-0.2, 0) is 11.2 Å². The number of halogens is 3. The van der Waals surface area contributed by atoms with E-state index in [9.17, 15) is 4.79 Å². The Morgan fingerprint density at radius 3 is 2.53 bits per heavy atom. The summed E-state index contributed by atoms with van der Waals surface area (Å²) < 4.78 is 0. The third kappa shape index (κ3) is 4.26. The normalized spacial score (nSPS) is 11.7. The van der Waals surface area contributed by atoms with Gasteiger partial charge >= 0.3 is 5.97 Å². The average Bonchev–Trinajstić information content (AvgIpc) is 2.09. The minimum atomic E-state index is -1.05. The molecule has 3 N–H and O–H groups in total. The number of carbonyl (C=O) groups is 1.